The van der Waals surface area contributed by atoms with E-state index < -0.39 is 5.54 Å². The molecule has 1 unspecified atom stereocenters. The molecule has 0 saturated heterocycles. The minimum Gasteiger partial charge on any atom is -0.347 e. The highest BCUT2D eigenvalue weighted by atomic mass is 32.1. The number of nitrogens with zero attached hydrogens (tertiary/aromatic N) is 1. The zero-order valence-corrected chi connectivity index (χ0v) is 14.8. The Kier molecular flexibility index (Phi) is 4.69. The van der Waals surface area contributed by atoms with Gasteiger partial charge in [-0.15, -0.1) is 11.3 Å². The maximum absolute atomic E-state index is 13.1. The van der Waals surface area contributed by atoms with Crippen LogP contribution in [-0.4, -0.2) is 16.4 Å². The van der Waals surface area contributed by atoms with Crippen molar-refractivity contribution in [3.8, 4) is 10.6 Å². The molecule has 0 radical (unpaired) electrons. The Labute approximate surface area is 145 Å². The van der Waals surface area contributed by atoms with Crippen molar-refractivity contribution in [2.45, 2.75) is 51.1 Å². The standard InChI is InChI=1S/C18H22FN3OS/c1-11-15(12(2)22-17(23)18(20)9-3-4-10-18)24-16(21-11)13-5-7-14(19)8-6-13/h5-8,12H,3-4,9-10,20H2,1-2H3,(H,22,23). The Hall–Kier alpha value is -1.79. The molecule has 1 aromatic heterocycles. The average molecular weight is 347 g/mol. The van der Waals surface area contributed by atoms with Crippen molar-refractivity contribution in [3.05, 3.63) is 40.7 Å². The lowest BCUT2D eigenvalue weighted by Gasteiger charge is -2.24. The number of halogens is 1. The summed E-state index contributed by atoms with van der Waals surface area (Å²) in [7, 11) is 0. The Balaban J connectivity index is 1.77. The normalized spacial score (nSPS) is 17.7. The first kappa shape index (κ1) is 17.0. The average Bonchev–Trinajstić information content (AvgIpc) is 3.15. The monoisotopic (exact) mass is 347 g/mol. The number of aromatic nitrogens is 1. The fourth-order valence-corrected chi connectivity index (χ4v) is 4.24. The molecule has 1 amide bonds. The van der Waals surface area contributed by atoms with Crippen molar-refractivity contribution in [2.75, 3.05) is 0 Å². The second kappa shape index (κ2) is 6.61. The SMILES string of the molecule is Cc1nc(-c2ccc(F)cc2)sc1C(C)NC(=O)C1(N)CCCC1. The van der Waals surface area contributed by atoms with E-state index in [-0.39, 0.29) is 17.8 Å². The van der Waals surface area contributed by atoms with E-state index in [1.165, 1.54) is 23.5 Å². The number of carbonyl (C=O) groups excluding carboxylic acids is 1. The molecule has 128 valence electrons. The molecule has 3 N–H and O–H groups in total. The predicted octanol–water partition coefficient (Wildman–Crippen LogP) is 3.71. The molecule has 1 atom stereocenters. The van der Waals surface area contributed by atoms with E-state index in [2.05, 4.69) is 10.3 Å². The van der Waals surface area contributed by atoms with Crippen molar-refractivity contribution in [1.29, 1.82) is 0 Å². The lowest BCUT2D eigenvalue weighted by atomic mass is 9.97. The number of benzene rings is 1. The van der Waals surface area contributed by atoms with Gasteiger partial charge >= 0.3 is 0 Å². The zero-order valence-electron chi connectivity index (χ0n) is 13.9. The molecule has 1 aliphatic rings. The van der Waals surface area contributed by atoms with Crippen LogP contribution in [0.2, 0.25) is 0 Å². The summed E-state index contributed by atoms with van der Waals surface area (Å²) in [5, 5.41) is 3.87. The van der Waals surface area contributed by atoms with Gasteiger partial charge in [0.25, 0.3) is 0 Å². The van der Waals surface area contributed by atoms with E-state index in [1.54, 1.807) is 12.1 Å². The third-order valence-electron chi connectivity index (χ3n) is 4.61. The molecule has 6 heteroatoms. The Morgan fingerprint density at radius 2 is 1.96 bits per heavy atom. The Bertz CT molecular complexity index is 735. The number of aryl methyl sites for hydroxylation is 1. The number of nitrogens with two attached hydrogens (primary N) is 1. The summed E-state index contributed by atoms with van der Waals surface area (Å²) in [4.78, 5) is 18.1. The highest BCUT2D eigenvalue weighted by Gasteiger charge is 2.37. The van der Waals surface area contributed by atoms with Crippen molar-refractivity contribution in [1.82, 2.24) is 10.3 Å². The maximum Gasteiger partial charge on any atom is 0.240 e. The number of carbonyl (C=O) groups is 1. The third kappa shape index (κ3) is 3.35. The van der Waals surface area contributed by atoms with E-state index in [4.69, 9.17) is 5.73 Å². The summed E-state index contributed by atoms with van der Waals surface area (Å²) in [6.07, 6.45) is 3.50. The fourth-order valence-electron chi connectivity index (χ4n) is 3.16. The maximum atomic E-state index is 13.1. The predicted molar refractivity (Wildman–Crippen MR) is 94.2 cm³/mol. The van der Waals surface area contributed by atoms with Crippen LogP contribution in [0.15, 0.2) is 24.3 Å². The smallest absolute Gasteiger partial charge is 0.240 e. The summed E-state index contributed by atoms with van der Waals surface area (Å²) in [5.41, 5.74) is 7.24. The van der Waals surface area contributed by atoms with Crippen molar-refractivity contribution in [3.63, 3.8) is 0 Å². The van der Waals surface area contributed by atoms with E-state index >= 15 is 0 Å². The molecule has 0 aliphatic heterocycles. The quantitative estimate of drug-likeness (QED) is 0.886. The van der Waals surface area contributed by atoms with Gasteiger partial charge in [-0.2, -0.15) is 0 Å². The summed E-state index contributed by atoms with van der Waals surface area (Å²) < 4.78 is 13.1. The second-order valence-corrected chi connectivity index (χ2v) is 7.56. The van der Waals surface area contributed by atoms with Gasteiger partial charge in [0, 0.05) is 5.56 Å². The number of thiazole rings is 1. The third-order valence-corrected chi connectivity index (χ3v) is 6.00. The van der Waals surface area contributed by atoms with Crippen molar-refractivity contribution in [2.24, 2.45) is 5.73 Å². The summed E-state index contributed by atoms with van der Waals surface area (Å²) in [6, 6.07) is 6.14. The molecule has 4 nitrogen and oxygen atoms in total. The number of rotatable bonds is 4. The molecule has 1 heterocycles. The Morgan fingerprint density at radius 1 is 1.33 bits per heavy atom. The molecule has 3 rings (SSSR count). The van der Waals surface area contributed by atoms with Crippen LogP contribution in [0.1, 0.15) is 49.2 Å². The molecule has 2 aromatic rings. The number of amides is 1. The topological polar surface area (TPSA) is 68.0 Å². The van der Waals surface area contributed by atoms with Gasteiger partial charge < -0.3 is 11.1 Å². The van der Waals surface area contributed by atoms with Crippen LogP contribution in [0.5, 0.6) is 0 Å². The summed E-state index contributed by atoms with van der Waals surface area (Å²) >= 11 is 1.52. The zero-order chi connectivity index (χ0) is 17.3. The highest BCUT2D eigenvalue weighted by molar-refractivity contribution is 7.15. The van der Waals surface area contributed by atoms with Gasteiger partial charge in [-0.25, -0.2) is 9.37 Å². The van der Waals surface area contributed by atoms with E-state index in [9.17, 15) is 9.18 Å². The molecule has 24 heavy (non-hydrogen) atoms. The van der Waals surface area contributed by atoms with Gasteiger partial charge in [-0.1, -0.05) is 12.8 Å². The lowest BCUT2D eigenvalue weighted by molar-refractivity contribution is -0.126. The van der Waals surface area contributed by atoms with Crippen LogP contribution in [0, 0.1) is 12.7 Å². The number of hydrogen-bond donors (Lipinski definition) is 2. The van der Waals surface area contributed by atoms with Gasteiger partial charge in [0.2, 0.25) is 5.91 Å². The van der Waals surface area contributed by atoms with Gasteiger partial charge in [0.05, 0.1) is 22.2 Å². The number of nitrogens with one attached hydrogen (secondary N) is 1. The molecular formula is C18H22FN3OS. The Morgan fingerprint density at radius 3 is 2.58 bits per heavy atom. The van der Waals surface area contributed by atoms with Crippen LogP contribution in [0.3, 0.4) is 0 Å². The minimum atomic E-state index is -0.730. The molecule has 1 fully saturated rings. The van der Waals surface area contributed by atoms with E-state index in [0.29, 0.717) is 0 Å². The first-order valence-electron chi connectivity index (χ1n) is 8.22. The van der Waals surface area contributed by atoms with E-state index in [1.807, 2.05) is 13.8 Å². The first-order chi connectivity index (χ1) is 11.4. The van der Waals surface area contributed by atoms with Crippen LogP contribution in [0.4, 0.5) is 4.39 Å². The molecule has 1 saturated carbocycles. The van der Waals surface area contributed by atoms with Gasteiger partial charge in [0.15, 0.2) is 0 Å². The highest BCUT2D eigenvalue weighted by Crippen LogP contribution is 2.33. The summed E-state index contributed by atoms with van der Waals surface area (Å²) in [6.45, 7) is 3.88. The van der Waals surface area contributed by atoms with Gasteiger partial charge in [-0.3, -0.25) is 4.79 Å². The van der Waals surface area contributed by atoms with E-state index in [0.717, 1.165) is 46.8 Å². The lowest BCUT2D eigenvalue weighted by Crippen LogP contribution is -2.52. The molecule has 1 aliphatic carbocycles. The van der Waals surface area contributed by atoms with Gasteiger partial charge in [0.1, 0.15) is 10.8 Å². The van der Waals surface area contributed by atoms with Crippen LogP contribution < -0.4 is 11.1 Å². The molecule has 1 aromatic carbocycles. The van der Waals surface area contributed by atoms with Crippen LogP contribution in [-0.2, 0) is 4.79 Å². The molecular weight excluding hydrogens is 325 g/mol. The van der Waals surface area contributed by atoms with Crippen molar-refractivity contribution >= 4 is 17.2 Å². The first-order valence-corrected chi connectivity index (χ1v) is 9.04. The fraction of sp³-hybridized carbons (Fsp3) is 0.444. The number of hydrogen-bond acceptors (Lipinski definition) is 4. The van der Waals surface area contributed by atoms with Crippen LogP contribution >= 0.6 is 11.3 Å². The second-order valence-electron chi connectivity index (χ2n) is 6.53. The molecule has 0 bridgehead atoms. The van der Waals surface area contributed by atoms with Crippen molar-refractivity contribution < 1.29 is 9.18 Å². The largest absolute Gasteiger partial charge is 0.347 e. The minimum absolute atomic E-state index is 0.0800. The van der Waals surface area contributed by atoms with Gasteiger partial charge in [-0.05, 0) is 51.0 Å². The molecule has 0 spiro atoms. The van der Waals surface area contributed by atoms with Crippen LogP contribution in [0.25, 0.3) is 10.6 Å². The summed E-state index contributed by atoms with van der Waals surface area (Å²) in [5.74, 6) is -0.346.